The third-order valence-electron chi connectivity index (χ3n) is 3.23. The van der Waals surface area contributed by atoms with E-state index >= 15 is 0 Å². The Hall–Kier alpha value is -2.88. The van der Waals surface area contributed by atoms with E-state index < -0.39 is 17.4 Å². The molecule has 0 radical (unpaired) electrons. The molecule has 0 saturated carbocycles. The lowest BCUT2D eigenvalue weighted by molar-refractivity contribution is 0.104. The Morgan fingerprint density at radius 3 is 2.73 bits per heavy atom. The second-order valence-electron chi connectivity index (χ2n) is 4.78. The zero-order valence-electron chi connectivity index (χ0n) is 11.5. The number of hydrogen-bond acceptors (Lipinski definition) is 2. The molecule has 0 bridgehead atoms. The summed E-state index contributed by atoms with van der Waals surface area (Å²) in [7, 11) is 0. The van der Waals surface area contributed by atoms with Crippen molar-refractivity contribution in [2.75, 3.05) is 0 Å². The van der Waals surface area contributed by atoms with Gasteiger partial charge in [-0.05, 0) is 48.0 Å². The fourth-order valence-electron chi connectivity index (χ4n) is 2.13. The predicted molar refractivity (Wildman–Crippen MR) is 81.5 cm³/mol. The van der Waals surface area contributed by atoms with Crippen molar-refractivity contribution in [2.45, 2.75) is 0 Å². The van der Waals surface area contributed by atoms with Gasteiger partial charge in [-0.25, -0.2) is 8.78 Å². The Morgan fingerprint density at radius 2 is 1.86 bits per heavy atom. The summed E-state index contributed by atoms with van der Waals surface area (Å²) < 4.78 is 26.6. The standard InChI is InChI=1S/C18H11F2NO/c19-14-6-7-16(20)15(10-14)18(22)8-5-12-9-13-3-1-2-4-17(13)21-11-12/h1-11H/b8-5+. The third-order valence-corrected chi connectivity index (χ3v) is 3.23. The molecule has 1 aromatic heterocycles. The first-order chi connectivity index (χ1) is 10.6. The number of para-hydroxylation sites is 1. The summed E-state index contributed by atoms with van der Waals surface area (Å²) in [5.74, 6) is -1.98. The van der Waals surface area contributed by atoms with Gasteiger partial charge in [0.2, 0.25) is 0 Å². The van der Waals surface area contributed by atoms with Crippen LogP contribution in [-0.2, 0) is 0 Å². The van der Waals surface area contributed by atoms with Gasteiger partial charge in [0.15, 0.2) is 5.78 Å². The van der Waals surface area contributed by atoms with E-state index in [4.69, 9.17) is 0 Å². The smallest absolute Gasteiger partial charge is 0.188 e. The van der Waals surface area contributed by atoms with Crippen molar-refractivity contribution in [3.63, 3.8) is 0 Å². The van der Waals surface area contributed by atoms with Crippen molar-refractivity contribution in [3.8, 4) is 0 Å². The van der Waals surface area contributed by atoms with Gasteiger partial charge in [-0.2, -0.15) is 0 Å². The summed E-state index contributed by atoms with van der Waals surface area (Å²) >= 11 is 0. The van der Waals surface area contributed by atoms with Gasteiger partial charge in [-0.1, -0.05) is 18.2 Å². The number of pyridine rings is 1. The van der Waals surface area contributed by atoms with E-state index in [0.717, 1.165) is 29.1 Å². The number of rotatable bonds is 3. The Balaban J connectivity index is 1.88. The lowest BCUT2D eigenvalue weighted by Crippen LogP contribution is -1.99. The van der Waals surface area contributed by atoms with Crippen LogP contribution < -0.4 is 0 Å². The van der Waals surface area contributed by atoms with Crippen molar-refractivity contribution >= 4 is 22.8 Å². The van der Waals surface area contributed by atoms with Crippen molar-refractivity contribution in [3.05, 3.63) is 83.6 Å². The van der Waals surface area contributed by atoms with Crippen LogP contribution in [0, 0.1) is 11.6 Å². The van der Waals surface area contributed by atoms with Crippen LogP contribution in [0.4, 0.5) is 8.78 Å². The molecule has 0 unspecified atom stereocenters. The molecule has 1 heterocycles. The minimum Gasteiger partial charge on any atom is -0.289 e. The van der Waals surface area contributed by atoms with E-state index in [1.807, 2.05) is 30.3 Å². The van der Waals surface area contributed by atoms with Gasteiger partial charge in [-0.3, -0.25) is 9.78 Å². The first-order valence-corrected chi connectivity index (χ1v) is 6.66. The highest BCUT2D eigenvalue weighted by atomic mass is 19.1. The molecule has 108 valence electrons. The van der Waals surface area contributed by atoms with Crippen LogP contribution >= 0.6 is 0 Å². The number of ketones is 1. The summed E-state index contributed by atoms with van der Waals surface area (Å²) in [5.41, 5.74) is 1.27. The summed E-state index contributed by atoms with van der Waals surface area (Å²) in [4.78, 5) is 16.2. The first-order valence-electron chi connectivity index (χ1n) is 6.66. The molecule has 2 nitrogen and oxygen atoms in total. The maximum Gasteiger partial charge on any atom is 0.188 e. The first kappa shape index (κ1) is 14.1. The van der Waals surface area contributed by atoms with Crippen molar-refractivity contribution in [2.24, 2.45) is 0 Å². The van der Waals surface area contributed by atoms with Crippen LogP contribution in [-0.4, -0.2) is 10.8 Å². The van der Waals surface area contributed by atoms with Gasteiger partial charge < -0.3 is 0 Å². The molecule has 0 N–H and O–H groups in total. The van der Waals surface area contributed by atoms with Crippen molar-refractivity contribution in [1.82, 2.24) is 4.98 Å². The van der Waals surface area contributed by atoms with Gasteiger partial charge in [0, 0.05) is 11.6 Å². The van der Waals surface area contributed by atoms with E-state index in [1.54, 1.807) is 6.20 Å². The molecule has 0 atom stereocenters. The number of fused-ring (bicyclic) bond motifs is 1. The number of allylic oxidation sites excluding steroid dienone is 1. The molecular formula is C18H11F2NO. The second-order valence-corrected chi connectivity index (χ2v) is 4.78. The Morgan fingerprint density at radius 1 is 1.05 bits per heavy atom. The number of hydrogen-bond donors (Lipinski definition) is 0. The molecule has 2 aromatic carbocycles. The number of nitrogens with zero attached hydrogens (tertiary/aromatic N) is 1. The highest BCUT2D eigenvalue weighted by Gasteiger charge is 2.10. The average Bonchev–Trinajstić information content (AvgIpc) is 2.54. The van der Waals surface area contributed by atoms with Gasteiger partial charge >= 0.3 is 0 Å². The minimum atomic E-state index is -0.743. The van der Waals surface area contributed by atoms with Crippen LogP contribution in [0.5, 0.6) is 0 Å². The van der Waals surface area contributed by atoms with Gasteiger partial charge in [0.05, 0.1) is 11.1 Å². The van der Waals surface area contributed by atoms with Crippen LogP contribution in [0.3, 0.4) is 0 Å². The number of halogens is 2. The minimum absolute atomic E-state index is 0.287. The number of benzene rings is 2. The molecule has 22 heavy (non-hydrogen) atoms. The summed E-state index contributed by atoms with van der Waals surface area (Å²) in [6.45, 7) is 0. The van der Waals surface area contributed by atoms with Crippen LogP contribution in [0.2, 0.25) is 0 Å². The van der Waals surface area contributed by atoms with Crippen molar-refractivity contribution in [1.29, 1.82) is 0 Å². The van der Waals surface area contributed by atoms with Crippen LogP contribution in [0.25, 0.3) is 17.0 Å². The Bertz CT molecular complexity index is 887. The third kappa shape index (κ3) is 2.91. The normalized spacial score (nSPS) is 11.2. The average molecular weight is 295 g/mol. The quantitative estimate of drug-likeness (QED) is 0.529. The highest BCUT2D eigenvalue weighted by molar-refractivity contribution is 6.07. The zero-order chi connectivity index (χ0) is 15.5. The molecule has 4 heteroatoms. The van der Waals surface area contributed by atoms with E-state index in [9.17, 15) is 13.6 Å². The maximum absolute atomic E-state index is 13.5. The van der Waals surface area contributed by atoms with Crippen molar-refractivity contribution < 1.29 is 13.6 Å². The molecule has 0 aliphatic heterocycles. The molecule has 3 aromatic rings. The molecule has 3 rings (SSSR count). The Kier molecular flexibility index (Phi) is 3.74. The maximum atomic E-state index is 13.5. The second kappa shape index (κ2) is 5.85. The van der Waals surface area contributed by atoms with E-state index in [-0.39, 0.29) is 5.56 Å². The molecule has 0 spiro atoms. The lowest BCUT2D eigenvalue weighted by Gasteiger charge is -2.00. The fourth-order valence-corrected chi connectivity index (χ4v) is 2.13. The van der Waals surface area contributed by atoms with E-state index in [1.165, 1.54) is 12.2 Å². The summed E-state index contributed by atoms with van der Waals surface area (Å²) in [6.07, 6.45) is 4.36. The molecular weight excluding hydrogens is 284 g/mol. The predicted octanol–water partition coefficient (Wildman–Crippen LogP) is 4.41. The van der Waals surface area contributed by atoms with E-state index in [0.29, 0.717) is 5.56 Å². The number of aromatic nitrogens is 1. The molecule has 0 fully saturated rings. The number of carbonyl (C=O) groups is 1. The number of carbonyl (C=O) groups excluding carboxylic acids is 1. The highest BCUT2D eigenvalue weighted by Crippen LogP contribution is 2.15. The molecule has 0 aliphatic rings. The lowest BCUT2D eigenvalue weighted by atomic mass is 10.1. The van der Waals surface area contributed by atoms with Gasteiger partial charge in [-0.15, -0.1) is 0 Å². The van der Waals surface area contributed by atoms with Gasteiger partial charge in [0.25, 0.3) is 0 Å². The molecule has 0 saturated heterocycles. The zero-order valence-corrected chi connectivity index (χ0v) is 11.5. The monoisotopic (exact) mass is 295 g/mol. The fraction of sp³-hybridized carbons (Fsp3) is 0. The van der Waals surface area contributed by atoms with E-state index in [2.05, 4.69) is 4.98 Å². The summed E-state index contributed by atoms with van der Waals surface area (Å²) in [5, 5.41) is 0.939. The largest absolute Gasteiger partial charge is 0.289 e. The molecule has 0 amide bonds. The van der Waals surface area contributed by atoms with Crippen LogP contribution in [0.1, 0.15) is 15.9 Å². The topological polar surface area (TPSA) is 30.0 Å². The van der Waals surface area contributed by atoms with Gasteiger partial charge in [0.1, 0.15) is 11.6 Å². The Labute approximate surface area is 125 Å². The van der Waals surface area contributed by atoms with Crippen LogP contribution in [0.15, 0.2) is 60.8 Å². The SMILES string of the molecule is O=C(/C=C/c1cnc2ccccc2c1)c1cc(F)ccc1F. The summed E-state index contributed by atoms with van der Waals surface area (Å²) in [6, 6.07) is 12.3. The molecule has 0 aliphatic carbocycles.